The summed E-state index contributed by atoms with van der Waals surface area (Å²) in [6, 6.07) is 7.06. The third-order valence-electron chi connectivity index (χ3n) is 3.80. The van der Waals surface area contributed by atoms with Gasteiger partial charge in [-0.2, -0.15) is 0 Å². The Morgan fingerprint density at radius 1 is 1.29 bits per heavy atom. The fraction of sp³-hybridized carbons (Fsp3) is 0.438. The monoisotopic (exact) mass is 290 g/mol. The average Bonchev–Trinajstić information content (AvgIpc) is 2.48. The summed E-state index contributed by atoms with van der Waals surface area (Å²) in [6.45, 7) is 7.88. The molecule has 5 nitrogen and oxygen atoms in total. The lowest BCUT2D eigenvalue weighted by molar-refractivity contribution is -0.134. The van der Waals surface area contributed by atoms with E-state index < -0.39 is 5.60 Å². The first-order valence-electron chi connectivity index (χ1n) is 7.09. The first-order chi connectivity index (χ1) is 9.91. The topological polar surface area (TPSA) is 64.0 Å². The fourth-order valence-corrected chi connectivity index (χ4v) is 2.37. The number of piperazine rings is 1. The summed E-state index contributed by atoms with van der Waals surface area (Å²) in [5.41, 5.74) is -0.108. The molecular weight excluding hydrogens is 268 g/mol. The number of benzene rings is 1. The second-order valence-corrected chi connectivity index (χ2v) is 5.62. The molecule has 1 aliphatic rings. The lowest BCUT2D eigenvalue weighted by Crippen LogP contribution is -2.50. The van der Waals surface area contributed by atoms with Crippen LogP contribution >= 0.6 is 0 Å². The molecule has 0 aromatic heterocycles. The Bertz CT molecular complexity index is 503. The summed E-state index contributed by atoms with van der Waals surface area (Å²) >= 11 is 0. The van der Waals surface area contributed by atoms with Crippen LogP contribution in [0, 0.1) is 0 Å². The van der Waals surface area contributed by atoms with Crippen LogP contribution in [0.4, 0.5) is 5.69 Å². The molecule has 5 heteroatoms. The maximum atomic E-state index is 12.1. The molecule has 0 aliphatic carbocycles. The van der Waals surface area contributed by atoms with Crippen molar-refractivity contribution in [2.45, 2.75) is 18.9 Å². The minimum Gasteiger partial charge on any atom is -0.508 e. The van der Waals surface area contributed by atoms with Crippen LogP contribution in [0.15, 0.2) is 36.9 Å². The molecule has 0 unspecified atom stereocenters. The van der Waals surface area contributed by atoms with Crippen molar-refractivity contribution in [1.82, 2.24) is 4.90 Å². The van der Waals surface area contributed by atoms with Crippen molar-refractivity contribution in [1.29, 1.82) is 0 Å². The molecule has 1 aromatic carbocycles. The van der Waals surface area contributed by atoms with Gasteiger partial charge in [0.05, 0.1) is 12.0 Å². The Hall–Kier alpha value is -2.01. The Labute approximate surface area is 125 Å². The Kier molecular flexibility index (Phi) is 4.53. The number of anilines is 1. The highest BCUT2D eigenvalue weighted by atomic mass is 16.3. The molecule has 114 valence electrons. The highest BCUT2D eigenvalue weighted by molar-refractivity contribution is 5.78. The molecule has 21 heavy (non-hydrogen) atoms. The van der Waals surface area contributed by atoms with Gasteiger partial charge in [-0.1, -0.05) is 6.08 Å². The summed E-state index contributed by atoms with van der Waals surface area (Å²) in [6.07, 6.45) is 1.47. The van der Waals surface area contributed by atoms with Crippen molar-refractivity contribution in [3.05, 3.63) is 36.9 Å². The standard InChI is InChI=1S/C16H22N2O3/c1-3-16(2,21)12-15(20)18-10-8-17(9-11-18)13-4-6-14(19)7-5-13/h3-7,19,21H,1,8-12H2,2H3/t16-/m1/s1. The number of phenols is 1. The van der Waals surface area contributed by atoms with Gasteiger partial charge in [0.15, 0.2) is 0 Å². The maximum Gasteiger partial charge on any atom is 0.225 e. The second kappa shape index (κ2) is 6.18. The van der Waals surface area contributed by atoms with E-state index in [-0.39, 0.29) is 18.1 Å². The van der Waals surface area contributed by atoms with Gasteiger partial charge in [0.1, 0.15) is 5.75 Å². The summed E-state index contributed by atoms with van der Waals surface area (Å²) in [5.74, 6) is 0.199. The molecular formula is C16H22N2O3. The van der Waals surface area contributed by atoms with Gasteiger partial charge in [-0.3, -0.25) is 4.79 Å². The molecule has 2 rings (SSSR count). The van der Waals surface area contributed by atoms with Gasteiger partial charge in [-0.15, -0.1) is 6.58 Å². The van der Waals surface area contributed by atoms with Crippen LogP contribution in [0.25, 0.3) is 0 Å². The summed E-state index contributed by atoms with van der Waals surface area (Å²) in [7, 11) is 0. The lowest BCUT2D eigenvalue weighted by Gasteiger charge is -2.37. The third-order valence-corrected chi connectivity index (χ3v) is 3.80. The summed E-state index contributed by atoms with van der Waals surface area (Å²) in [5, 5.41) is 19.2. The first kappa shape index (κ1) is 15.4. The van der Waals surface area contributed by atoms with Crippen LogP contribution < -0.4 is 4.90 Å². The second-order valence-electron chi connectivity index (χ2n) is 5.62. The van der Waals surface area contributed by atoms with Gasteiger partial charge in [-0.05, 0) is 31.2 Å². The van der Waals surface area contributed by atoms with Crippen molar-refractivity contribution in [2.24, 2.45) is 0 Å². The normalized spacial score (nSPS) is 18.2. The maximum absolute atomic E-state index is 12.1. The highest BCUT2D eigenvalue weighted by Crippen LogP contribution is 2.20. The predicted octanol–water partition coefficient (Wildman–Crippen LogP) is 1.37. The van der Waals surface area contributed by atoms with Gasteiger partial charge < -0.3 is 20.0 Å². The molecule has 0 saturated carbocycles. The smallest absolute Gasteiger partial charge is 0.225 e. The van der Waals surface area contributed by atoms with E-state index >= 15 is 0 Å². The number of nitrogens with zero attached hydrogens (tertiary/aromatic N) is 2. The molecule has 0 spiro atoms. The quantitative estimate of drug-likeness (QED) is 0.822. The summed E-state index contributed by atoms with van der Waals surface area (Å²) < 4.78 is 0. The third kappa shape index (κ3) is 3.98. The molecule has 0 bridgehead atoms. The van der Waals surface area contributed by atoms with Crippen molar-refractivity contribution in [3.63, 3.8) is 0 Å². The molecule has 1 atom stereocenters. The number of amides is 1. The van der Waals surface area contributed by atoms with Gasteiger partial charge in [0.25, 0.3) is 0 Å². The van der Waals surface area contributed by atoms with E-state index in [1.165, 1.54) is 6.08 Å². The number of aliphatic hydroxyl groups is 1. The fourth-order valence-electron chi connectivity index (χ4n) is 2.37. The van der Waals surface area contributed by atoms with E-state index in [2.05, 4.69) is 11.5 Å². The van der Waals surface area contributed by atoms with Crippen molar-refractivity contribution < 1.29 is 15.0 Å². The average molecular weight is 290 g/mol. The molecule has 1 heterocycles. The SMILES string of the molecule is C=C[C@@](C)(O)CC(=O)N1CCN(c2ccc(O)cc2)CC1. The van der Waals surface area contributed by atoms with Crippen LogP contribution in [0.1, 0.15) is 13.3 Å². The number of rotatable bonds is 4. The molecule has 1 saturated heterocycles. The van der Waals surface area contributed by atoms with Gasteiger partial charge in [0, 0.05) is 31.9 Å². The first-order valence-corrected chi connectivity index (χ1v) is 7.09. The van der Waals surface area contributed by atoms with E-state index in [9.17, 15) is 15.0 Å². The Morgan fingerprint density at radius 3 is 2.38 bits per heavy atom. The van der Waals surface area contributed by atoms with E-state index in [0.717, 1.165) is 18.8 Å². The van der Waals surface area contributed by atoms with Crippen LogP contribution in [0.5, 0.6) is 5.75 Å². The van der Waals surface area contributed by atoms with Crippen LogP contribution in [0.2, 0.25) is 0 Å². The van der Waals surface area contributed by atoms with Gasteiger partial charge in [0.2, 0.25) is 5.91 Å². The minimum absolute atomic E-state index is 0.0507. The molecule has 2 N–H and O–H groups in total. The number of hydrogen-bond acceptors (Lipinski definition) is 4. The predicted molar refractivity (Wildman–Crippen MR) is 82.3 cm³/mol. The zero-order valence-electron chi connectivity index (χ0n) is 12.3. The minimum atomic E-state index is -1.15. The number of carbonyl (C=O) groups excluding carboxylic acids is 1. The van der Waals surface area contributed by atoms with Crippen LogP contribution in [0.3, 0.4) is 0 Å². The zero-order chi connectivity index (χ0) is 15.5. The Balaban J connectivity index is 1.89. The van der Waals surface area contributed by atoms with E-state index in [1.807, 2.05) is 12.1 Å². The molecule has 1 aromatic rings. The number of hydrogen-bond donors (Lipinski definition) is 2. The molecule has 0 radical (unpaired) electrons. The van der Waals surface area contributed by atoms with E-state index in [4.69, 9.17) is 0 Å². The van der Waals surface area contributed by atoms with Gasteiger partial charge in [-0.25, -0.2) is 0 Å². The van der Waals surface area contributed by atoms with Crippen LogP contribution in [-0.4, -0.2) is 52.8 Å². The van der Waals surface area contributed by atoms with E-state index in [1.54, 1.807) is 24.0 Å². The summed E-state index contributed by atoms with van der Waals surface area (Å²) in [4.78, 5) is 16.1. The number of phenolic OH excluding ortho intramolecular Hbond substituents is 1. The highest BCUT2D eigenvalue weighted by Gasteiger charge is 2.26. The zero-order valence-corrected chi connectivity index (χ0v) is 12.3. The molecule has 1 amide bonds. The largest absolute Gasteiger partial charge is 0.508 e. The van der Waals surface area contributed by atoms with Crippen molar-refractivity contribution >= 4 is 11.6 Å². The lowest BCUT2D eigenvalue weighted by atomic mass is 10.0. The molecule has 1 fully saturated rings. The van der Waals surface area contributed by atoms with Gasteiger partial charge >= 0.3 is 0 Å². The van der Waals surface area contributed by atoms with Crippen molar-refractivity contribution in [3.8, 4) is 5.75 Å². The number of aromatic hydroxyl groups is 1. The Morgan fingerprint density at radius 2 is 1.86 bits per heavy atom. The number of carbonyl (C=O) groups is 1. The van der Waals surface area contributed by atoms with E-state index in [0.29, 0.717) is 13.1 Å². The van der Waals surface area contributed by atoms with Crippen LogP contribution in [-0.2, 0) is 4.79 Å². The molecule has 1 aliphatic heterocycles. The van der Waals surface area contributed by atoms with Crippen molar-refractivity contribution in [2.75, 3.05) is 31.1 Å².